The van der Waals surface area contributed by atoms with Crippen LogP contribution in [0.4, 0.5) is 5.82 Å². The summed E-state index contributed by atoms with van der Waals surface area (Å²) in [5.41, 5.74) is 2.36. The Morgan fingerprint density at radius 1 is 1.50 bits per heavy atom. The highest BCUT2D eigenvalue weighted by Gasteiger charge is 2.26. The van der Waals surface area contributed by atoms with Crippen LogP contribution < -0.4 is 15.5 Å². The fourth-order valence-electron chi connectivity index (χ4n) is 2.85. The highest BCUT2D eigenvalue weighted by Crippen LogP contribution is 2.24. The highest BCUT2D eigenvalue weighted by molar-refractivity contribution is 5.79. The Morgan fingerprint density at radius 3 is 2.95 bits per heavy atom. The van der Waals surface area contributed by atoms with E-state index in [1.165, 1.54) is 11.1 Å². The summed E-state index contributed by atoms with van der Waals surface area (Å²) in [4.78, 5) is 18.6. The third-order valence-electron chi connectivity index (χ3n) is 3.83. The predicted octanol–water partition coefficient (Wildman–Crippen LogP) is 1.07. The lowest BCUT2D eigenvalue weighted by atomic mass is 9.97. The number of pyridine rings is 1. The molecule has 0 saturated carbocycles. The molecule has 1 unspecified atom stereocenters. The van der Waals surface area contributed by atoms with Gasteiger partial charge in [-0.3, -0.25) is 4.79 Å². The SMILES string of the molecule is CNCc1cnc(N2CCCC(C(=O)NC)C2)c(C)c1. The molecule has 0 radical (unpaired) electrons. The van der Waals surface area contributed by atoms with Gasteiger partial charge in [0.15, 0.2) is 0 Å². The van der Waals surface area contributed by atoms with Crippen LogP contribution in [0, 0.1) is 12.8 Å². The number of hydrogen-bond acceptors (Lipinski definition) is 4. The second-order valence-electron chi connectivity index (χ2n) is 5.41. The van der Waals surface area contributed by atoms with E-state index < -0.39 is 0 Å². The normalized spacial score (nSPS) is 18.9. The molecule has 5 nitrogen and oxygen atoms in total. The van der Waals surface area contributed by atoms with Crippen LogP contribution in [0.2, 0.25) is 0 Å². The van der Waals surface area contributed by atoms with Gasteiger partial charge in [0.1, 0.15) is 5.82 Å². The van der Waals surface area contributed by atoms with Crippen LogP contribution in [0.25, 0.3) is 0 Å². The summed E-state index contributed by atoms with van der Waals surface area (Å²) in [6.45, 7) is 4.66. The largest absolute Gasteiger partial charge is 0.359 e. The minimum Gasteiger partial charge on any atom is -0.359 e. The van der Waals surface area contributed by atoms with Crippen LogP contribution in [-0.2, 0) is 11.3 Å². The molecule has 0 aliphatic carbocycles. The Labute approximate surface area is 120 Å². The molecule has 1 aliphatic heterocycles. The van der Waals surface area contributed by atoms with Crippen LogP contribution in [0.1, 0.15) is 24.0 Å². The van der Waals surface area contributed by atoms with Crippen molar-refractivity contribution in [1.29, 1.82) is 0 Å². The molecule has 1 amide bonds. The number of anilines is 1. The minimum atomic E-state index is 0.0759. The first-order valence-electron chi connectivity index (χ1n) is 7.22. The van der Waals surface area contributed by atoms with E-state index in [9.17, 15) is 4.79 Å². The summed E-state index contributed by atoms with van der Waals surface area (Å²) in [6, 6.07) is 2.17. The number of nitrogens with zero attached hydrogens (tertiary/aromatic N) is 2. The van der Waals surface area contributed by atoms with E-state index in [-0.39, 0.29) is 11.8 Å². The number of amides is 1. The van der Waals surface area contributed by atoms with E-state index >= 15 is 0 Å². The van der Waals surface area contributed by atoms with Crippen LogP contribution in [0.15, 0.2) is 12.3 Å². The average molecular weight is 276 g/mol. The number of piperidine rings is 1. The van der Waals surface area contributed by atoms with Crippen molar-refractivity contribution in [3.05, 3.63) is 23.4 Å². The number of nitrogens with one attached hydrogen (secondary N) is 2. The van der Waals surface area contributed by atoms with Crippen molar-refractivity contribution in [3.63, 3.8) is 0 Å². The van der Waals surface area contributed by atoms with Gasteiger partial charge in [-0.05, 0) is 44.0 Å². The zero-order valence-electron chi connectivity index (χ0n) is 12.6. The van der Waals surface area contributed by atoms with E-state index in [4.69, 9.17) is 0 Å². The minimum absolute atomic E-state index is 0.0759. The monoisotopic (exact) mass is 276 g/mol. The summed E-state index contributed by atoms with van der Waals surface area (Å²) in [5.74, 6) is 1.23. The number of aryl methyl sites for hydroxylation is 1. The fourth-order valence-corrected chi connectivity index (χ4v) is 2.85. The molecule has 1 aromatic heterocycles. The lowest BCUT2D eigenvalue weighted by Crippen LogP contribution is -2.42. The number of rotatable bonds is 4. The van der Waals surface area contributed by atoms with Gasteiger partial charge in [-0.1, -0.05) is 0 Å². The van der Waals surface area contributed by atoms with E-state index in [2.05, 4.69) is 33.5 Å². The maximum absolute atomic E-state index is 11.8. The molecule has 1 saturated heterocycles. The molecule has 5 heteroatoms. The van der Waals surface area contributed by atoms with Crippen LogP contribution in [0.3, 0.4) is 0 Å². The standard InChI is InChI=1S/C15H24N4O/c1-11-7-12(8-16-2)9-18-14(11)19-6-4-5-13(10-19)15(20)17-3/h7,9,13,16H,4-6,8,10H2,1-3H3,(H,17,20). The third kappa shape index (κ3) is 3.28. The van der Waals surface area contributed by atoms with Crippen molar-refractivity contribution in [2.24, 2.45) is 5.92 Å². The molecular weight excluding hydrogens is 252 g/mol. The Hall–Kier alpha value is -1.62. The molecule has 0 spiro atoms. The van der Waals surface area contributed by atoms with E-state index in [1.54, 1.807) is 7.05 Å². The molecule has 1 aliphatic rings. The Morgan fingerprint density at radius 2 is 2.30 bits per heavy atom. The molecule has 1 fully saturated rings. The molecule has 0 bridgehead atoms. The fraction of sp³-hybridized carbons (Fsp3) is 0.600. The second-order valence-corrected chi connectivity index (χ2v) is 5.41. The zero-order valence-corrected chi connectivity index (χ0v) is 12.6. The summed E-state index contributed by atoms with van der Waals surface area (Å²) < 4.78 is 0. The Bertz CT molecular complexity index is 475. The van der Waals surface area contributed by atoms with Crippen LogP contribution >= 0.6 is 0 Å². The summed E-state index contributed by atoms with van der Waals surface area (Å²) >= 11 is 0. The smallest absolute Gasteiger partial charge is 0.224 e. The van der Waals surface area contributed by atoms with Crippen molar-refractivity contribution in [3.8, 4) is 0 Å². The number of carbonyl (C=O) groups is 1. The van der Waals surface area contributed by atoms with E-state index in [0.717, 1.165) is 38.3 Å². The van der Waals surface area contributed by atoms with Gasteiger partial charge in [0, 0.05) is 32.9 Å². The molecule has 110 valence electrons. The first-order valence-corrected chi connectivity index (χ1v) is 7.22. The van der Waals surface area contributed by atoms with Gasteiger partial charge in [-0.25, -0.2) is 4.98 Å². The summed E-state index contributed by atoms with van der Waals surface area (Å²) in [7, 11) is 3.64. The van der Waals surface area contributed by atoms with Crippen molar-refractivity contribution >= 4 is 11.7 Å². The zero-order chi connectivity index (χ0) is 14.5. The molecule has 0 aromatic carbocycles. The van der Waals surface area contributed by atoms with Crippen molar-refractivity contribution in [1.82, 2.24) is 15.6 Å². The number of hydrogen-bond donors (Lipinski definition) is 2. The molecular formula is C15H24N4O. The van der Waals surface area contributed by atoms with Crippen LogP contribution in [-0.4, -0.2) is 38.1 Å². The number of carbonyl (C=O) groups excluding carboxylic acids is 1. The van der Waals surface area contributed by atoms with Gasteiger partial charge in [0.05, 0.1) is 5.92 Å². The second kappa shape index (κ2) is 6.70. The Kier molecular flexibility index (Phi) is 4.95. The van der Waals surface area contributed by atoms with E-state index in [1.807, 2.05) is 13.2 Å². The van der Waals surface area contributed by atoms with Gasteiger partial charge in [-0.15, -0.1) is 0 Å². The first-order chi connectivity index (χ1) is 9.65. The molecule has 20 heavy (non-hydrogen) atoms. The molecule has 1 aromatic rings. The topological polar surface area (TPSA) is 57.3 Å². The molecule has 2 N–H and O–H groups in total. The third-order valence-corrected chi connectivity index (χ3v) is 3.83. The Balaban J connectivity index is 2.12. The van der Waals surface area contributed by atoms with Crippen LogP contribution in [0.5, 0.6) is 0 Å². The predicted molar refractivity (Wildman–Crippen MR) is 80.7 cm³/mol. The van der Waals surface area contributed by atoms with Crippen molar-refractivity contribution < 1.29 is 4.79 Å². The van der Waals surface area contributed by atoms with Crippen molar-refractivity contribution in [2.45, 2.75) is 26.3 Å². The van der Waals surface area contributed by atoms with Gasteiger partial charge in [0.2, 0.25) is 5.91 Å². The average Bonchev–Trinajstić information content (AvgIpc) is 2.47. The van der Waals surface area contributed by atoms with Gasteiger partial charge >= 0.3 is 0 Å². The van der Waals surface area contributed by atoms with E-state index in [0.29, 0.717) is 0 Å². The summed E-state index contributed by atoms with van der Waals surface area (Å²) in [5, 5.41) is 5.89. The first kappa shape index (κ1) is 14.8. The lowest BCUT2D eigenvalue weighted by molar-refractivity contribution is -0.124. The maximum Gasteiger partial charge on any atom is 0.224 e. The van der Waals surface area contributed by atoms with Gasteiger partial charge in [0.25, 0.3) is 0 Å². The van der Waals surface area contributed by atoms with Gasteiger partial charge in [-0.2, -0.15) is 0 Å². The van der Waals surface area contributed by atoms with Crippen molar-refractivity contribution in [2.75, 3.05) is 32.1 Å². The lowest BCUT2D eigenvalue weighted by Gasteiger charge is -2.33. The maximum atomic E-state index is 11.8. The van der Waals surface area contributed by atoms with Gasteiger partial charge < -0.3 is 15.5 Å². The quantitative estimate of drug-likeness (QED) is 0.864. The number of aromatic nitrogens is 1. The molecule has 1 atom stereocenters. The highest BCUT2D eigenvalue weighted by atomic mass is 16.1. The molecule has 2 rings (SSSR count). The molecule has 2 heterocycles. The summed E-state index contributed by atoms with van der Waals surface area (Å²) in [6.07, 6.45) is 3.92.